The molecule has 0 amide bonds. The van der Waals surface area contributed by atoms with Gasteiger partial charge in [0.25, 0.3) is 6.02 Å². The summed E-state index contributed by atoms with van der Waals surface area (Å²) < 4.78 is 41.4. The summed E-state index contributed by atoms with van der Waals surface area (Å²) in [5.74, 6) is 0. The van der Waals surface area contributed by atoms with Gasteiger partial charge in [-0.05, 0) is 6.08 Å². The zero-order valence-electron chi connectivity index (χ0n) is 7.02. The van der Waals surface area contributed by atoms with Crippen LogP contribution in [0.15, 0.2) is 28.0 Å². The van der Waals surface area contributed by atoms with Crippen molar-refractivity contribution in [3.8, 4) is 0 Å². The lowest BCUT2D eigenvalue weighted by Gasteiger charge is -2.12. The first-order valence-corrected chi connectivity index (χ1v) is 3.84. The van der Waals surface area contributed by atoms with Gasteiger partial charge in [0.1, 0.15) is 5.70 Å². The fraction of sp³-hybridized carbons (Fsp3) is 0.286. The summed E-state index contributed by atoms with van der Waals surface area (Å²) in [5, 5.41) is 1.84. The van der Waals surface area contributed by atoms with Crippen molar-refractivity contribution < 1.29 is 17.9 Å². The van der Waals surface area contributed by atoms with Crippen LogP contribution in [0.25, 0.3) is 0 Å². The number of halogens is 4. The van der Waals surface area contributed by atoms with Crippen molar-refractivity contribution in [3.05, 3.63) is 23.0 Å². The number of nitrogens with one attached hydrogen (secondary N) is 1. The van der Waals surface area contributed by atoms with E-state index in [2.05, 4.69) is 9.73 Å². The predicted molar refractivity (Wildman–Crippen MR) is 45.7 cm³/mol. The van der Waals surface area contributed by atoms with Crippen molar-refractivity contribution >= 4 is 17.6 Å². The molecule has 0 aromatic rings. The summed E-state index contributed by atoms with van der Waals surface area (Å²) in [5.41, 5.74) is -1.02. The summed E-state index contributed by atoms with van der Waals surface area (Å²) in [7, 11) is 1.20. The minimum atomic E-state index is -4.52. The molecule has 0 aromatic heterocycles. The molecule has 1 heterocycles. The van der Waals surface area contributed by atoms with Crippen molar-refractivity contribution in [2.75, 3.05) is 7.11 Å². The second kappa shape index (κ2) is 3.91. The lowest BCUT2D eigenvalue weighted by molar-refractivity contribution is -0.0952. The highest BCUT2D eigenvalue weighted by Crippen LogP contribution is 2.26. The first kappa shape index (κ1) is 10.9. The van der Waals surface area contributed by atoms with Crippen molar-refractivity contribution in [2.45, 2.75) is 6.18 Å². The van der Waals surface area contributed by atoms with E-state index in [1.165, 1.54) is 7.11 Å². The molecule has 1 rings (SSSR count). The molecule has 0 spiro atoms. The number of methoxy groups -OCH3 is 1. The fourth-order valence-electron chi connectivity index (χ4n) is 0.735. The van der Waals surface area contributed by atoms with Gasteiger partial charge in [0, 0.05) is 0 Å². The Morgan fingerprint density at radius 1 is 1.50 bits per heavy atom. The van der Waals surface area contributed by atoms with E-state index in [1.54, 1.807) is 0 Å². The van der Waals surface area contributed by atoms with E-state index in [-0.39, 0.29) is 11.1 Å². The van der Waals surface area contributed by atoms with Crippen LogP contribution in [-0.2, 0) is 4.74 Å². The molecule has 0 bridgehead atoms. The van der Waals surface area contributed by atoms with Gasteiger partial charge in [-0.25, -0.2) is 4.99 Å². The first-order chi connectivity index (χ1) is 6.43. The van der Waals surface area contributed by atoms with Crippen LogP contribution >= 0.6 is 11.6 Å². The number of rotatable bonds is 0. The minimum Gasteiger partial charge on any atom is -0.468 e. The molecular weight excluding hydrogens is 221 g/mol. The number of allylic oxidation sites excluding steroid dienone is 3. The Morgan fingerprint density at radius 3 is 2.64 bits per heavy atom. The van der Waals surface area contributed by atoms with Gasteiger partial charge in [-0.1, -0.05) is 11.6 Å². The maximum absolute atomic E-state index is 12.3. The molecule has 0 fully saturated rings. The van der Waals surface area contributed by atoms with Gasteiger partial charge in [0.2, 0.25) is 0 Å². The van der Waals surface area contributed by atoms with Crippen LogP contribution in [0.1, 0.15) is 0 Å². The van der Waals surface area contributed by atoms with E-state index >= 15 is 0 Å². The Balaban J connectivity index is 3.00. The molecule has 1 N–H and O–H groups in total. The van der Waals surface area contributed by atoms with Crippen LogP contribution in [0, 0.1) is 0 Å². The first-order valence-electron chi connectivity index (χ1n) is 3.47. The van der Waals surface area contributed by atoms with Gasteiger partial charge in [-0.15, -0.1) is 0 Å². The second-order valence-electron chi connectivity index (χ2n) is 2.33. The Bertz CT molecular complexity index is 319. The van der Waals surface area contributed by atoms with Crippen molar-refractivity contribution in [1.29, 1.82) is 0 Å². The number of aliphatic imine (C=N–C) groups is 1. The van der Waals surface area contributed by atoms with Crippen LogP contribution in [0.4, 0.5) is 13.2 Å². The summed E-state index contributed by atoms with van der Waals surface area (Å²) in [4.78, 5) is 3.52. The highest BCUT2D eigenvalue weighted by molar-refractivity contribution is 6.31. The average Bonchev–Trinajstić information content (AvgIpc) is 2.26. The molecule has 0 saturated carbocycles. The largest absolute Gasteiger partial charge is 0.468 e. The Hall–Kier alpha value is -1.17. The zero-order chi connectivity index (χ0) is 10.8. The van der Waals surface area contributed by atoms with Crippen LogP contribution < -0.4 is 5.32 Å². The number of hydrogen-bond donors (Lipinski definition) is 1. The summed E-state index contributed by atoms with van der Waals surface area (Å²) >= 11 is 5.43. The minimum absolute atomic E-state index is 0.128. The molecule has 0 aliphatic carbocycles. The molecule has 0 saturated heterocycles. The summed E-state index contributed by atoms with van der Waals surface area (Å²) in [6, 6.07) is -0.260. The lowest BCUT2D eigenvalue weighted by atomic mass is 10.4. The van der Waals surface area contributed by atoms with Gasteiger partial charge in [0.15, 0.2) is 0 Å². The molecule has 1 aliphatic rings. The maximum Gasteiger partial charge on any atom is 0.431 e. The van der Waals surface area contributed by atoms with Gasteiger partial charge in [0.05, 0.1) is 18.3 Å². The maximum atomic E-state index is 12.3. The van der Waals surface area contributed by atoms with E-state index in [0.717, 1.165) is 12.3 Å². The number of hydrogen-bond acceptors (Lipinski definition) is 3. The third kappa shape index (κ3) is 2.66. The van der Waals surface area contributed by atoms with Gasteiger partial charge in [-0.3, -0.25) is 0 Å². The molecular formula is C7H6ClF3N2O. The van der Waals surface area contributed by atoms with E-state index in [9.17, 15) is 13.2 Å². The van der Waals surface area contributed by atoms with Crippen LogP contribution in [0.3, 0.4) is 0 Å². The molecule has 14 heavy (non-hydrogen) atoms. The van der Waals surface area contributed by atoms with Gasteiger partial charge >= 0.3 is 6.18 Å². The molecule has 78 valence electrons. The van der Waals surface area contributed by atoms with Crippen molar-refractivity contribution in [3.63, 3.8) is 0 Å². The highest BCUT2D eigenvalue weighted by atomic mass is 35.5. The van der Waals surface area contributed by atoms with E-state index in [1.807, 2.05) is 5.32 Å². The molecule has 1 aliphatic heterocycles. The quantitative estimate of drug-likeness (QED) is 0.686. The molecule has 3 nitrogen and oxygen atoms in total. The number of amidine groups is 1. The SMILES string of the molecule is COC1=NC=C(Cl)C=C(C(F)(F)F)N1. The van der Waals surface area contributed by atoms with Gasteiger partial charge < -0.3 is 10.1 Å². The van der Waals surface area contributed by atoms with Crippen LogP contribution in [0.2, 0.25) is 0 Å². The van der Waals surface area contributed by atoms with Crippen LogP contribution in [-0.4, -0.2) is 19.3 Å². The monoisotopic (exact) mass is 226 g/mol. The number of alkyl halides is 3. The standard InChI is InChI=1S/C7H6ClF3N2O/c1-14-6-12-3-4(8)2-5(13-6)7(9,10)11/h2-3H,1H3,(H,12,13). The summed E-state index contributed by atoms with van der Waals surface area (Å²) in [6.07, 6.45) is -2.72. The normalized spacial score (nSPS) is 17.4. The Labute approximate surface area is 82.9 Å². The van der Waals surface area contributed by atoms with E-state index in [4.69, 9.17) is 11.6 Å². The predicted octanol–water partition coefficient (Wildman–Crippen LogP) is 2.12. The lowest BCUT2D eigenvalue weighted by Crippen LogP contribution is -2.31. The second-order valence-corrected chi connectivity index (χ2v) is 2.77. The number of nitrogens with zero attached hydrogens (tertiary/aromatic N) is 1. The fourth-order valence-corrected chi connectivity index (χ4v) is 0.893. The zero-order valence-corrected chi connectivity index (χ0v) is 7.78. The molecule has 0 atom stereocenters. The third-order valence-electron chi connectivity index (χ3n) is 1.33. The van der Waals surface area contributed by atoms with E-state index < -0.39 is 11.9 Å². The van der Waals surface area contributed by atoms with Crippen molar-refractivity contribution in [1.82, 2.24) is 5.32 Å². The molecule has 0 aromatic carbocycles. The van der Waals surface area contributed by atoms with Crippen LogP contribution in [0.5, 0.6) is 0 Å². The topological polar surface area (TPSA) is 33.6 Å². The van der Waals surface area contributed by atoms with Crippen molar-refractivity contribution in [2.24, 2.45) is 4.99 Å². The molecule has 0 unspecified atom stereocenters. The smallest absolute Gasteiger partial charge is 0.431 e. The third-order valence-corrected chi connectivity index (χ3v) is 1.53. The molecule has 0 radical (unpaired) electrons. The highest BCUT2D eigenvalue weighted by Gasteiger charge is 2.35. The molecule has 7 heteroatoms. The Kier molecular flexibility index (Phi) is 3.05. The average molecular weight is 227 g/mol. The summed E-state index contributed by atoms with van der Waals surface area (Å²) in [6.45, 7) is 0. The Morgan fingerprint density at radius 2 is 2.14 bits per heavy atom. The number of ether oxygens (including phenoxy) is 1. The van der Waals surface area contributed by atoms with Gasteiger partial charge in [-0.2, -0.15) is 13.2 Å². The van der Waals surface area contributed by atoms with E-state index in [0.29, 0.717) is 0 Å².